The van der Waals surface area contributed by atoms with E-state index in [4.69, 9.17) is 4.74 Å². The number of nitrogens with zero attached hydrogens (tertiary/aromatic N) is 1. The van der Waals surface area contributed by atoms with Crippen molar-refractivity contribution in [2.75, 3.05) is 10.9 Å². The number of amides is 1. The van der Waals surface area contributed by atoms with Crippen LogP contribution < -0.4 is 14.4 Å². The van der Waals surface area contributed by atoms with Gasteiger partial charge in [0, 0.05) is 5.56 Å². The summed E-state index contributed by atoms with van der Waals surface area (Å²) in [5, 5.41) is 3.01. The van der Waals surface area contributed by atoms with Crippen molar-refractivity contribution in [2.45, 2.75) is 31.3 Å². The summed E-state index contributed by atoms with van der Waals surface area (Å²) in [4.78, 5) is 13.1. The van der Waals surface area contributed by atoms with Crippen molar-refractivity contribution in [2.24, 2.45) is 0 Å². The lowest BCUT2D eigenvalue weighted by Crippen LogP contribution is -2.30. The van der Waals surface area contributed by atoms with Crippen molar-refractivity contribution in [1.82, 2.24) is 5.32 Å². The van der Waals surface area contributed by atoms with E-state index >= 15 is 0 Å². The predicted octanol–water partition coefficient (Wildman–Crippen LogP) is 5.97. The lowest BCUT2D eigenvalue weighted by Gasteiger charge is -2.25. The SMILES string of the molecule is CCOc1ccc(C(C)NC(=O)c2ccc(CN(c3ccccc3)S(=O)(=O)c3ccccc3)cc2)cc1. The van der Waals surface area contributed by atoms with Crippen LogP contribution in [0.25, 0.3) is 0 Å². The normalized spacial score (nSPS) is 11.9. The molecule has 1 unspecified atom stereocenters. The molecule has 4 rings (SSSR count). The Morgan fingerprint density at radius 2 is 1.43 bits per heavy atom. The summed E-state index contributed by atoms with van der Waals surface area (Å²) in [5.41, 5.74) is 2.80. The zero-order chi connectivity index (χ0) is 26.3. The first-order valence-electron chi connectivity index (χ1n) is 12.1. The van der Waals surface area contributed by atoms with Crippen LogP contribution in [-0.4, -0.2) is 20.9 Å². The Labute approximate surface area is 218 Å². The van der Waals surface area contributed by atoms with Crippen molar-refractivity contribution in [1.29, 1.82) is 0 Å². The second-order valence-corrected chi connectivity index (χ2v) is 10.4. The van der Waals surface area contributed by atoms with E-state index in [9.17, 15) is 13.2 Å². The maximum atomic E-state index is 13.5. The molecule has 6 nitrogen and oxygen atoms in total. The van der Waals surface area contributed by atoms with Gasteiger partial charge >= 0.3 is 0 Å². The Kier molecular flexibility index (Phi) is 8.25. The Hall–Kier alpha value is -4.10. The van der Waals surface area contributed by atoms with Crippen LogP contribution in [0.2, 0.25) is 0 Å². The minimum absolute atomic E-state index is 0.131. The molecule has 7 heteroatoms. The molecular formula is C30H30N2O4S. The maximum absolute atomic E-state index is 13.5. The monoisotopic (exact) mass is 514 g/mol. The molecule has 190 valence electrons. The number of para-hydroxylation sites is 1. The van der Waals surface area contributed by atoms with Gasteiger partial charge in [-0.15, -0.1) is 0 Å². The van der Waals surface area contributed by atoms with Crippen LogP contribution in [0.4, 0.5) is 5.69 Å². The molecular weight excluding hydrogens is 484 g/mol. The summed E-state index contributed by atoms with van der Waals surface area (Å²) in [6, 6.07) is 31.8. The van der Waals surface area contributed by atoms with Crippen molar-refractivity contribution < 1.29 is 17.9 Å². The average Bonchev–Trinajstić information content (AvgIpc) is 2.93. The van der Waals surface area contributed by atoms with Gasteiger partial charge in [-0.2, -0.15) is 0 Å². The second-order valence-electron chi connectivity index (χ2n) is 8.55. The summed E-state index contributed by atoms with van der Waals surface area (Å²) in [7, 11) is -3.79. The van der Waals surface area contributed by atoms with Gasteiger partial charge in [0.2, 0.25) is 0 Å². The summed E-state index contributed by atoms with van der Waals surface area (Å²) >= 11 is 0. The van der Waals surface area contributed by atoms with Gasteiger partial charge in [0.1, 0.15) is 5.75 Å². The number of ether oxygens (including phenoxy) is 1. The van der Waals surface area contributed by atoms with Gasteiger partial charge in [-0.05, 0) is 73.5 Å². The van der Waals surface area contributed by atoms with Gasteiger partial charge in [0.25, 0.3) is 15.9 Å². The number of rotatable bonds is 10. The van der Waals surface area contributed by atoms with E-state index < -0.39 is 10.0 Å². The Morgan fingerprint density at radius 1 is 0.838 bits per heavy atom. The molecule has 4 aromatic rings. The molecule has 0 aromatic heterocycles. The molecule has 1 atom stereocenters. The standard InChI is InChI=1S/C30H30N2O4S/c1-3-36-28-20-18-25(19-21-28)23(2)31-30(33)26-16-14-24(15-17-26)22-32(27-10-6-4-7-11-27)37(34,35)29-12-8-5-9-13-29/h4-21,23H,3,22H2,1-2H3,(H,31,33). The molecule has 0 radical (unpaired) electrons. The minimum Gasteiger partial charge on any atom is -0.494 e. The molecule has 0 aliphatic rings. The fourth-order valence-electron chi connectivity index (χ4n) is 3.94. The summed E-state index contributed by atoms with van der Waals surface area (Å²) in [5.74, 6) is 0.587. The molecule has 0 saturated carbocycles. The molecule has 0 bridgehead atoms. The van der Waals surface area contributed by atoms with Gasteiger partial charge in [0.15, 0.2) is 0 Å². The quantitative estimate of drug-likeness (QED) is 0.283. The predicted molar refractivity (Wildman–Crippen MR) is 146 cm³/mol. The second kappa shape index (κ2) is 11.8. The largest absolute Gasteiger partial charge is 0.494 e. The Balaban J connectivity index is 1.49. The Bertz CT molecular complexity index is 1410. The molecule has 0 fully saturated rings. The van der Waals surface area contributed by atoms with Crippen LogP contribution in [-0.2, 0) is 16.6 Å². The first-order valence-corrected chi connectivity index (χ1v) is 13.6. The maximum Gasteiger partial charge on any atom is 0.264 e. The fraction of sp³-hybridized carbons (Fsp3) is 0.167. The number of carbonyl (C=O) groups excluding carboxylic acids is 1. The van der Waals surface area contributed by atoms with E-state index in [2.05, 4.69) is 5.32 Å². The summed E-state index contributed by atoms with van der Waals surface area (Å²) < 4.78 is 33.8. The Morgan fingerprint density at radius 3 is 2.03 bits per heavy atom. The number of benzene rings is 4. The van der Waals surface area contributed by atoms with Crippen LogP contribution in [0.3, 0.4) is 0 Å². The average molecular weight is 515 g/mol. The zero-order valence-corrected chi connectivity index (χ0v) is 21.7. The molecule has 0 heterocycles. The van der Waals surface area contributed by atoms with Crippen LogP contribution in [0.15, 0.2) is 114 Å². The lowest BCUT2D eigenvalue weighted by molar-refractivity contribution is 0.0940. The highest BCUT2D eigenvalue weighted by Crippen LogP contribution is 2.26. The molecule has 0 spiro atoms. The highest BCUT2D eigenvalue weighted by molar-refractivity contribution is 7.92. The van der Waals surface area contributed by atoms with E-state index in [1.165, 1.54) is 4.31 Å². The van der Waals surface area contributed by atoms with E-state index in [1.807, 2.05) is 56.3 Å². The van der Waals surface area contributed by atoms with E-state index in [-0.39, 0.29) is 23.4 Å². The van der Waals surface area contributed by atoms with Crippen LogP contribution in [0, 0.1) is 0 Å². The summed E-state index contributed by atoms with van der Waals surface area (Å²) in [6.45, 7) is 4.59. The van der Waals surface area contributed by atoms with Crippen LogP contribution >= 0.6 is 0 Å². The van der Waals surface area contributed by atoms with Crippen molar-refractivity contribution in [3.05, 3.63) is 126 Å². The first-order chi connectivity index (χ1) is 17.9. The lowest BCUT2D eigenvalue weighted by atomic mass is 10.1. The zero-order valence-electron chi connectivity index (χ0n) is 20.9. The number of anilines is 1. The van der Waals surface area contributed by atoms with Crippen molar-refractivity contribution in [3.8, 4) is 5.75 Å². The minimum atomic E-state index is -3.79. The number of hydrogen-bond acceptors (Lipinski definition) is 4. The topological polar surface area (TPSA) is 75.7 Å². The fourth-order valence-corrected chi connectivity index (χ4v) is 5.41. The molecule has 0 aliphatic heterocycles. The van der Waals surface area contributed by atoms with Gasteiger partial charge in [-0.3, -0.25) is 9.10 Å². The van der Waals surface area contributed by atoms with Crippen molar-refractivity contribution >= 4 is 21.6 Å². The number of hydrogen-bond donors (Lipinski definition) is 1. The van der Waals surface area contributed by atoms with Gasteiger partial charge in [-0.25, -0.2) is 8.42 Å². The van der Waals surface area contributed by atoms with E-state index in [0.29, 0.717) is 17.9 Å². The van der Waals surface area contributed by atoms with Crippen LogP contribution in [0.1, 0.15) is 41.4 Å². The van der Waals surface area contributed by atoms with E-state index in [0.717, 1.165) is 16.9 Å². The number of sulfonamides is 1. The molecule has 4 aromatic carbocycles. The van der Waals surface area contributed by atoms with Gasteiger partial charge < -0.3 is 10.1 Å². The third-order valence-corrected chi connectivity index (χ3v) is 7.74. The number of carbonyl (C=O) groups is 1. The molecule has 1 N–H and O–H groups in total. The molecule has 0 saturated heterocycles. The highest BCUT2D eigenvalue weighted by Gasteiger charge is 2.25. The third-order valence-electron chi connectivity index (χ3n) is 5.96. The summed E-state index contributed by atoms with van der Waals surface area (Å²) in [6.07, 6.45) is 0. The highest BCUT2D eigenvalue weighted by atomic mass is 32.2. The van der Waals surface area contributed by atoms with Crippen molar-refractivity contribution in [3.63, 3.8) is 0 Å². The number of nitrogens with one attached hydrogen (secondary N) is 1. The van der Waals surface area contributed by atoms with Gasteiger partial charge in [0.05, 0.1) is 29.8 Å². The third kappa shape index (κ3) is 6.37. The smallest absolute Gasteiger partial charge is 0.264 e. The first kappa shape index (κ1) is 26.0. The van der Waals surface area contributed by atoms with Gasteiger partial charge in [-0.1, -0.05) is 60.7 Å². The molecule has 37 heavy (non-hydrogen) atoms. The molecule has 1 amide bonds. The van der Waals surface area contributed by atoms with Crippen LogP contribution in [0.5, 0.6) is 5.75 Å². The van der Waals surface area contributed by atoms with E-state index in [1.54, 1.807) is 66.7 Å². The molecule has 0 aliphatic carbocycles.